The van der Waals surface area contributed by atoms with E-state index in [1.54, 1.807) is 0 Å². The predicted octanol–water partition coefficient (Wildman–Crippen LogP) is 4.20. The smallest absolute Gasteiger partial charge is 0.142 e. The molecule has 0 amide bonds. The summed E-state index contributed by atoms with van der Waals surface area (Å²) in [7, 11) is 0. The standard InChI is InChI=1S/C14H17ClO/c1-9-8-10(2)12(15)13-11(9)4-7-14(16-13)5-3-6-14/h8H,3-7H2,1-2H3. The van der Waals surface area contributed by atoms with Crippen molar-refractivity contribution < 1.29 is 4.74 Å². The van der Waals surface area contributed by atoms with Gasteiger partial charge in [0.05, 0.1) is 5.02 Å². The van der Waals surface area contributed by atoms with Crippen LogP contribution in [0.15, 0.2) is 6.07 Å². The average Bonchev–Trinajstić information content (AvgIpc) is 2.23. The Bertz CT molecular complexity index is 447. The van der Waals surface area contributed by atoms with Gasteiger partial charge in [-0.3, -0.25) is 0 Å². The minimum atomic E-state index is 0.136. The van der Waals surface area contributed by atoms with Crippen molar-refractivity contribution in [1.29, 1.82) is 0 Å². The lowest BCUT2D eigenvalue weighted by atomic mass is 9.74. The number of hydrogen-bond donors (Lipinski definition) is 0. The lowest BCUT2D eigenvalue weighted by Gasteiger charge is -2.46. The molecule has 1 nitrogen and oxygen atoms in total. The highest BCUT2D eigenvalue weighted by Crippen LogP contribution is 2.48. The zero-order valence-corrected chi connectivity index (χ0v) is 10.7. The first-order chi connectivity index (χ1) is 7.61. The van der Waals surface area contributed by atoms with Crippen LogP contribution in [0.5, 0.6) is 5.75 Å². The lowest BCUT2D eigenvalue weighted by Crippen LogP contribution is -2.45. The van der Waals surface area contributed by atoms with Crippen LogP contribution in [0.2, 0.25) is 5.02 Å². The van der Waals surface area contributed by atoms with Crippen LogP contribution in [-0.2, 0) is 6.42 Å². The Morgan fingerprint density at radius 2 is 1.94 bits per heavy atom. The third kappa shape index (κ3) is 1.37. The molecule has 1 fully saturated rings. The fourth-order valence-electron chi connectivity index (χ4n) is 2.93. The fourth-order valence-corrected chi connectivity index (χ4v) is 3.13. The van der Waals surface area contributed by atoms with Crippen LogP contribution in [0.1, 0.15) is 42.4 Å². The third-order valence-electron chi connectivity index (χ3n) is 4.14. The molecular weight excluding hydrogens is 220 g/mol. The Morgan fingerprint density at radius 1 is 1.19 bits per heavy atom. The van der Waals surface area contributed by atoms with Crippen LogP contribution < -0.4 is 4.74 Å². The molecule has 0 atom stereocenters. The maximum atomic E-state index is 6.37. The van der Waals surface area contributed by atoms with Gasteiger partial charge in [0.2, 0.25) is 0 Å². The number of ether oxygens (including phenoxy) is 1. The fraction of sp³-hybridized carbons (Fsp3) is 0.571. The summed E-state index contributed by atoms with van der Waals surface area (Å²) >= 11 is 6.37. The van der Waals surface area contributed by atoms with Crippen LogP contribution >= 0.6 is 11.6 Å². The van der Waals surface area contributed by atoms with Crippen molar-refractivity contribution in [2.45, 2.75) is 51.6 Å². The second-order valence-corrected chi connectivity index (χ2v) is 5.65. The monoisotopic (exact) mass is 236 g/mol. The molecular formula is C14H17ClO. The molecule has 1 saturated carbocycles. The third-order valence-corrected chi connectivity index (χ3v) is 4.61. The highest BCUT2D eigenvalue weighted by molar-refractivity contribution is 6.33. The largest absolute Gasteiger partial charge is 0.485 e. The Morgan fingerprint density at radius 3 is 2.56 bits per heavy atom. The summed E-state index contributed by atoms with van der Waals surface area (Å²) in [5.41, 5.74) is 3.92. The normalized spacial score (nSPS) is 21.2. The summed E-state index contributed by atoms with van der Waals surface area (Å²) in [4.78, 5) is 0. The van der Waals surface area contributed by atoms with Crippen LogP contribution in [0.4, 0.5) is 0 Å². The van der Waals surface area contributed by atoms with E-state index in [1.807, 2.05) is 0 Å². The van der Waals surface area contributed by atoms with Crippen molar-refractivity contribution in [3.63, 3.8) is 0 Å². The predicted molar refractivity (Wildman–Crippen MR) is 66.5 cm³/mol. The van der Waals surface area contributed by atoms with Gasteiger partial charge in [0, 0.05) is 0 Å². The van der Waals surface area contributed by atoms with Gasteiger partial charge in [0.15, 0.2) is 0 Å². The number of rotatable bonds is 0. The van der Waals surface area contributed by atoms with E-state index in [0.717, 1.165) is 22.8 Å². The molecule has 1 spiro atoms. The molecule has 2 heteroatoms. The molecule has 3 rings (SSSR count). The second kappa shape index (κ2) is 3.40. The maximum Gasteiger partial charge on any atom is 0.142 e. The van der Waals surface area contributed by atoms with E-state index in [1.165, 1.54) is 36.8 Å². The number of fused-ring (bicyclic) bond motifs is 1. The van der Waals surface area contributed by atoms with E-state index in [2.05, 4.69) is 19.9 Å². The summed E-state index contributed by atoms with van der Waals surface area (Å²) in [6.07, 6.45) is 6.00. The molecule has 1 heterocycles. The Kier molecular flexibility index (Phi) is 2.22. The molecule has 0 saturated heterocycles. The highest BCUT2D eigenvalue weighted by atomic mass is 35.5. The summed E-state index contributed by atoms with van der Waals surface area (Å²) in [5, 5.41) is 0.826. The Labute approximate surface area is 102 Å². The van der Waals surface area contributed by atoms with Gasteiger partial charge in [0.25, 0.3) is 0 Å². The van der Waals surface area contributed by atoms with E-state index >= 15 is 0 Å². The number of halogens is 1. The van der Waals surface area contributed by atoms with Crippen LogP contribution in [0.25, 0.3) is 0 Å². The summed E-state index contributed by atoms with van der Waals surface area (Å²) in [5.74, 6) is 0.977. The molecule has 0 N–H and O–H groups in total. The lowest BCUT2D eigenvalue weighted by molar-refractivity contribution is -0.0250. The number of hydrogen-bond acceptors (Lipinski definition) is 1. The molecule has 86 valence electrons. The number of aryl methyl sites for hydroxylation is 2. The van der Waals surface area contributed by atoms with Gasteiger partial charge < -0.3 is 4.74 Å². The maximum absolute atomic E-state index is 6.37. The zero-order chi connectivity index (χ0) is 11.3. The first kappa shape index (κ1) is 10.5. The van der Waals surface area contributed by atoms with Crippen molar-refractivity contribution in [2.75, 3.05) is 0 Å². The topological polar surface area (TPSA) is 9.23 Å². The first-order valence-corrected chi connectivity index (χ1v) is 6.47. The van der Waals surface area contributed by atoms with Gasteiger partial charge in [-0.15, -0.1) is 0 Å². The van der Waals surface area contributed by atoms with E-state index in [4.69, 9.17) is 16.3 Å². The minimum absolute atomic E-state index is 0.136. The van der Waals surface area contributed by atoms with E-state index < -0.39 is 0 Å². The van der Waals surface area contributed by atoms with Crippen molar-refractivity contribution in [3.8, 4) is 5.75 Å². The van der Waals surface area contributed by atoms with Crippen LogP contribution in [0, 0.1) is 13.8 Å². The van der Waals surface area contributed by atoms with E-state index in [-0.39, 0.29) is 5.60 Å². The molecule has 1 aromatic carbocycles. The van der Waals surface area contributed by atoms with Crippen LogP contribution in [-0.4, -0.2) is 5.60 Å². The molecule has 1 aliphatic heterocycles. The Balaban J connectivity index is 2.08. The Hall–Kier alpha value is -0.690. The summed E-state index contributed by atoms with van der Waals surface area (Å²) in [6, 6.07) is 2.17. The van der Waals surface area contributed by atoms with Gasteiger partial charge in [-0.2, -0.15) is 0 Å². The molecule has 1 aromatic rings. The second-order valence-electron chi connectivity index (χ2n) is 5.27. The summed E-state index contributed by atoms with van der Waals surface area (Å²) < 4.78 is 6.22. The molecule has 0 unspecified atom stereocenters. The van der Waals surface area contributed by atoms with Crippen molar-refractivity contribution in [1.82, 2.24) is 0 Å². The molecule has 2 aliphatic rings. The first-order valence-electron chi connectivity index (χ1n) is 6.09. The van der Waals surface area contributed by atoms with Gasteiger partial charge in [-0.1, -0.05) is 17.7 Å². The van der Waals surface area contributed by atoms with E-state index in [9.17, 15) is 0 Å². The van der Waals surface area contributed by atoms with E-state index in [0.29, 0.717) is 0 Å². The quantitative estimate of drug-likeness (QED) is 0.656. The minimum Gasteiger partial charge on any atom is -0.485 e. The SMILES string of the molecule is Cc1cc(C)c2c(c1Cl)OC1(CCC1)CC2. The van der Waals surface area contributed by atoms with Crippen molar-refractivity contribution in [3.05, 3.63) is 27.8 Å². The average molecular weight is 237 g/mol. The van der Waals surface area contributed by atoms with Gasteiger partial charge in [-0.05, 0) is 62.6 Å². The zero-order valence-electron chi connectivity index (χ0n) is 9.90. The van der Waals surface area contributed by atoms with Crippen LogP contribution in [0.3, 0.4) is 0 Å². The molecule has 16 heavy (non-hydrogen) atoms. The molecule has 0 bridgehead atoms. The molecule has 1 aliphatic carbocycles. The number of benzene rings is 1. The molecule has 0 aromatic heterocycles. The van der Waals surface area contributed by atoms with Crippen molar-refractivity contribution >= 4 is 11.6 Å². The highest BCUT2D eigenvalue weighted by Gasteiger charge is 2.42. The molecule has 0 radical (unpaired) electrons. The van der Waals surface area contributed by atoms with Gasteiger partial charge in [0.1, 0.15) is 11.4 Å². The summed E-state index contributed by atoms with van der Waals surface area (Å²) in [6.45, 7) is 4.21. The van der Waals surface area contributed by atoms with Crippen molar-refractivity contribution in [2.24, 2.45) is 0 Å². The van der Waals surface area contributed by atoms with Gasteiger partial charge in [-0.25, -0.2) is 0 Å². The van der Waals surface area contributed by atoms with Gasteiger partial charge >= 0.3 is 0 Å².